The van der Waals surface area contributed by atoms with Gasteiger partial charge in [-0.25, -0.2) is 4.79 Å². The average Bonchev–Trinajstić information content (AvgIpc) is 2.20. The molecule has 0 fully saturated rings. The number of rotatable bonds is 5. The fourth-order valence-corrected chi connectivity index (χ4v) is 1.09. The molecule has 0 aliphatic rings. The van der Waals surface area contributed by atoms with Crippen molar-refractivity contribution in [2.75, 3.05) is 27.7 Å². The van der Waals surface area contributed by atoms with Crippen LogP contribution in [0.1, 0.15) is 27.2 Å². The Morgan fingerprint density at radius 3 is 2.17 bits per heavy atom. The molecule has 0 bridgehead atoms. The Balaban J connectivity index is 4.80. The van der Waals surface area contributed by atoms with Gasteiger partial charge >= 0.3 is 11.9 Å². The lowest BCUT2D eigenvalue weighted by Gasteiger charge is -2.20. The first-order valence-electron chi connectivity index (χ1n) is 5.79. The molecule has 5 heteroatoms. The Bertz CT molecular complexity index is 326. The molecule has 0 N–H and O–H groups in total. The summed E-state index contributed by atoms with van der Waals surface area (Å²) >= 11 is 0. The molecule has 0 amide bonds. The molecule has 0 saturated carbocycles. The van der Waals surface area contributed by atoms with Gasteiger partial charge < -0.3 is 14.4 Å². The third-order valence-electron chi connectivity index (χ3n) is 1.93. The molecule has 0 heterocycles. The summed E-state index contributed by atoms with van der Waals surface area (Å²) in [5, 5.41) is 0. The first-order valence-corrected chi connectivity index (χ1v) is 5.79. The van der Waals surface area contributed by atoms with Crippen LogP contribution >= 0.6 is 0 Å². The Labute approximate surface area is 109 Å². The van der Waals surface area contributed by atoms with Gasteiger partial charge in [0, 0.05) is 12.1 Å². The summed E-state index contributed by atoms with van der Waals surface area (Å²) in [4.78, 5) is 25.0. The van der Waals surface area contributed by atoms with Gasteiger partial charge in [0.15, 0.2) is 0 Å². The van der Waals surface area contributed by atoms with Crippen LogP contribution in [0.4, 0.5) is 0 Å². The maximum atomic E-state index is 11.9. The van der Waals surface area contributed by atoms with Crippen LogP contribution in [0, 0.1) is 0 Å². The molecule has 104 valence electrons. The molecule has 0 rings (SSSR count). The second-order valence-corrected chi connectivity index (χ2v) is 5.25. The SMILES string of the molecule is COC(=O)CC(=CCN(C)C)C(=O)OC(C)(C)C. The van der Waals surface area contributed by atoms with E-state index < -0.39 is 17.5 Å². The minimum Gasteiger partial charge on any atom is -0.469 e. The molecule has 0 atom stereocenters. The Morgan fingerprint density at radius 1 is 1.22 bits per heavy atom. The molecule has 0 spiro atoms. The lowest BCUT2D eigenvalue weighted by molar-refractivity contribution is -0.152. The second-order valence-electron chi connectivity index (χ2n) is 5.25. The Morgan fingerprint density at radius 2 is 1.78 bits per heavy atom. The van der Waals surface area contributed by atoms with Crippen molar-refractivity contribution in [1.82, 2.24) is 4.90 Å². The van der Waals surface area contributed by atoms with Crippen LogP contribution < -0.4 is 0 Å². The van der Waals surface area contributed by atoms with Crippen LogP contribution in [0.5, 0.6) is 0 Å². The summed E-state index contributed by atoms with van der Waals surface area (Å²) in [6, 6.07) is 0. The summed E-state index contributed by atoms with van der Waals surface area (Å²) in [5.41, 5.74) is -0.254. The fourth-order valence-electron chi connectivity index (χ4n) is 1.09. The minimum absolute atomic E-state index is 0.0702. The number of nitrogens with zero attached hydrogens (tertiary/aromatic N) is 1. The first-order chi connectivity index (χ1) is 8.15. The normalized spacial score (nSPS) is 12.5. The van der Waals surface area contributed by atoms with Crippen LogP contribution in [0.25, 0.3) is 0 Å². The molecule has 0 aliphatic carbocycles. The van der Waals surface area contributed by atoms with Crippen molar-refractivity contribution < 1.29 is 19.1 Å². The van der Waals surface area contributed by atoms with Crippen LogP contribution in [-0.2, 0) is 19.1 Å². The molecule has 18 heavy (non-hydrogen) atoms. The van der Waals surface area contributed by atoms with Crippen molar-refractivity contribution in [3.05, 3.63) is 11.6 Å². The topological polar surface area (TPSA) is 55.8 Å². The van der Waals surface area contributed by atoms with Crippen LogP contribution in [0.15, 0.2) is 11.6 Å². The van der Waals surface area contributed by atoms with Crippen molar-refractivity contribution in [2.24, 2.45) is 0 Å². The summed E-state index contributed by atoms with van der Waals surface area (Å²) in [6.45, 7) is 5.91. The van der Waals surface area contributed by atoms with E-state index in [1.54, 1.807) is 26.8 Å². The van der Waals surface area contributed by atoms with E-state index in [4.69, 9.17) is 4.74 Å². The third kappa shape index (κ3) is 7.84. The van der Waals surface area contributed by atoms with Gasteiger partial charge in [0.1, 0.15) is 5.60 Å². The summed E-state index contributed by atoms with van der Waals surface area (Å²) < 4.78 is 9.81. The molecule has 0 aliphatic heterocycles. The Hall–Kier alpha value is -1.36. The predicted octanol–water partition coefficient (Wildman–Crippen LogP) is 1.38. The standard InChI is InChI=1S/C13H23NO4/c1-13(2,3)18-12(16)10(7-8-14(4)5)9-11(15)17-6/h7H,8-9H2,1-6H3. The number of methoxy groups -OCH3 is 1. The van der Waals surface area contributed by atoms with Gasteiger partial charge in [-0.3, -0.25) is 4.79 Å². The monoisotopic (exact) mass is 257 g/mol. The molecule has 0 radical (unpaired) electrons. The zero-order valence-electron chi connectivity index (χ0n) is 12.1. The van der Waals surface area contributed by atoms with Crippen molar-refractivity contribution in [3.63, 3.8) is 0 Å². The number of hydrogen-bond acceptors (Lipinski definition) is 5. The van der Waals surface area contributed by atoms with E-state index in [0.29, 0.717) is 12.1 Å². The number of esters is 2. The van der Waals surface area contributed by atoms with E-state index >= 15 is 0 Å². The maximum Gasteiger partial charge on any atom is 0.334 e. The zero-order valence-corrected chi connectivity index (χ0v) is 12.1. The van der Waals surface area contributed by atoms with Crippen LogP contribution in [0.2, 0.25) is 0 Å². The lowest BCUT2D eigenvalue weighted by Crippen LogP contribution is -2.26. The van der Waals surface area contributed by atoms with Gasteiger partial charge in [0.25, 0.3) is 0 Å². The van der Waals surface area contributed by atoms with Crippen LogP contribution in [-0.4, -0.2) is 50.2 Å². The second kappa shape index (κ2) is 7.16. The summed E-state index contributed by atoms with van der Waals surface area (Å²) in [5.74, 6) is -0.930. The summed E-state index contributed by atoms with van der Waals surface area (Å²) in [6.07, 6.45) is 1.62. The van der Waals surface area contributed by atoms with Gasteiger partial charge in [0.2, 0.25) is 0 Å². The van der Waals surface area contributed by atoms with Crippen molar-refractivity contribution in [3.8, 4) is 0 Å². The molecule has 5 nitrogen and oxygen atoms in total. The molecule has 0 saturated heterocycles. The molecule has 0 aromatic heterocycles. The number of ether oxygens (including phenoxy) is 2. The number of hydrogen-bond donors (Lipinski definition) is 0. The summed E-state index contributed by atoms with van der Waals surface area (Å²) in [7, 11) is 5.05. The highest BCUT2D eigenvalue weighted by molar-refractivity contribution is 5.94. The van der Waals surface area contributed by atoms with Gasteiger partial charge in [-0.2, -0.15) is 0 Å². The van der Waals surface area contributed by atoms with E-state index in [1.807, 2.05) is 19.0 Å². The highest BCUT2D eigenvalue weighted by Gasteiger charge is 2.21. The van der Waals surface area contributed by atoms with E-state index in [0.717, 1.165) is 0 Å². The van der Waals surface area contributed by atoms with Crippen molar-refractivity contribution >= 4 is 11.9 Å². The number of likely N-dealkylation sites (N-methyl/N-ethyl adjacent to an activating group) is 1. The van der Waals surface area contributed by atoms with Crippen molar-refractivity contribution in [1.29, 1.82) is 0 Å². The first kappa shape index (κ1) is 16.6. The Kier molecular flexibility index (Phi) is 6.62. The largest absolute Gasteiger partial charge is 0.469 e. The minimum atomic E-state index is -0.579. The molecule has 0 unspecified atom stereocenters. The fraction of sp³-hybridized carbons (Fsp3) is 0.692. The van der Waals surface area contributed by atoms with E-state index in [9.17, 15) is 9.59 Å². The zero-order chi connectivity index (χ0) is 14.3. The van der Waals surface area contributed by atoms with E-state index in [-0.39, 0.29) is 6.42 Å². The quantitative estimate of drug-likeness (QED) is 0.550. The van der Waals surface area contributed by atoms with Gasteiger partial charge in [-0.15, -0.1) is 0 Å². The molecule has 0 aromatic rings. The molecular formula is C13H23NO4. The van der Waals surface area contributed by atoms with Crippen molar-refractivity contribution in [2.45, 2.75) is 32.8 Å². The van der Waals surface area contributed by atoms with Gasteiger partial charge in [0.05, 0.1) is 13.5 Å². The van der Waals surface area contributed by atoms with Gasteiger partial charge in [-0.05, 0) is 34.9 Å². The smallest absolute Gasteiger partial charge is 0.334 e. The number of carbonyl (C=O) groups excluding carboxylic acids is 2. The third-order valence-corrected chi connectivity index (χ3v) is 1.93. The number of carbonyl (C=O) groups is 2. The highest BCUT2D eigenvalue weighted by Crippen LogP contribution is 2.13. The van der Waals surface area contributed by atoms with Gasteiger partial charge in [-0.1, -0.05) is 6.08 Å². The highest BCUT2D eigenvalue weighted by atomic mass is 16.6. The molecule has 0 aromatic carbocycles. The lowest BCUT2D eigenvalue weighted by atomic mass is 10.1. The maximum absolute atomic E-state index is 11.9. The predicted molar refractivity (Wildman–Crippen MR) is 69.1 cm³/mol. The van der Waals surface area contributed by atoms with E-state index in [1.165, 1.54) is 7.11 Å². The van der Waals surface area contributed by atoms with Crippen LogP contribution in [0.3, 0.4) is 0 Å². The van der Waals surface area contributed by atoms with E-state index in [2.05, 4.69) is 4.74 Å². The average molecular weight is 257 g/mol. The molecular weight excluding hydrogens is 234 g/mol.